The van der Waals surface area contributed by atoms with Crippen LogP contribution in [0.2, 0.25) is 0 Å². The van der Waals surface area contributed by atoms with Gasteiger partial charge in [0.15, 0.2) is 11.6 Å². The average molecular weight is 235 g/mol. The highest BCUT2D eigenvalue weighted by Crippen LogP contribution is 2.18. The molecule has 1 aromatic carbocycles. The van der Waals surface area contributed by atoms with E-state index in [0.29, 0.717) is 0 Å². The van der Waals surface area contributed by atoms with E-state index in [1.54, 1.807) is 6.92 Å². The number of alkyl halides is 1. The molecule has 82 valence electrons. The fraction of sp³-hybridized carbons (Fsp3) is 0.300. The Bertz CT molecular complexity index is 380. The average Bonchev–Trinajstić information content (AvgIpc) is 2.22. The quantitative estimate of drug-likeness (QED) is 0.594. The monoisotopic (exact) mass is 234 g/mol. The molecule has 0 aliphatic carbocycles. The van der Waals surface area contributed by atoms with E-state index in [9.17, 15) is 13.6 Å². The Morgan fingerprint density at radius 2 is 2.07 bits per heavy atom. The zero-order chi connectivity index (χ0) is 11.4. The van der Waals surface area contributed by atoms with Crippen LogP contribution in [0.4, 0.5) is 8.78 Å². The van der Waals surface area contributed by atoms with Crippen molar-refractivity contribution in [3.05, 3.63) is 34.9 Å². The summed E-state index contributed by atoms with van der Waals surface area (Å²) < 4.78 is 31.0. The Labute approximate surface area is 90.8 Å². The van der Waals surface area contributed by atoms with Crippen molar-refractivity contribution in [3.8, 4) is 0 Å². The Morgan fingerprint density at radius 3 is 2.60 bits per heavy atom. The fourth-order valence-electron chi connectivity index (χ4n) is 1.06. The van der Waals surface area contributed by atoms with E-state index in [1.165, 1.54) is 6.07 Å². The van der Waals surface area contributed by atoms with Gasteiger partial charge in [-0.1, -0.05) is 6.07 Å². The van der Waals surface area contributed by atoms with Crippen molar-refractivity contribution < 1.29 is 18.3 Å². The minimum atomic E-state index is -1.22. The summed E-state index contributed by atoms with van der Waals surface area (Å²) in [6, 6.07) is 2.42. The first-order valence-corrected chi connectivity index (χ1v) is 4.85. The van der Waals surface area contributed by atoms with Crippen molar-refractivity contribution in [2.24, 2.45) is 0 Å². The second-order valence-electron chi connectivity index (χ2n) is 2.75. The normalized spacial score (nSPS) is 10.1. The van der Waals surface area contributed by atoms with Gasteiger partial charge in [-0.3, -0.25) is 0 Å². The number of hydrogen-bond acceptors (Lipinski definition) is 2. The standard InChI is InChI=1S/C10H9ClF2O2/c1-2-15-10(14)7-4-3-6(5-11)8(12)9(7)13/h3-4H,2,5H2,1H3. The smallest absolute Gasteiger partial charge is 0.341 e. The first-order chi connectivity index (χ1) is 7.11. The number of carbonyl (C=O) groups is 1. The number of benzene rings is 1. The van der Waals surface area contributed by atoms with Crippen LogP contribution in [0, 0.1) is 11.6 Å². The molecule has 0 saturated heterocycles. The van der Waals surface area contributed by atoms with Crippen molar-refractivity contribution in [3.63, 3.8) is 0 Å². The van der Waals surface area contributed by atoms with Crippen LogP contribution in [0.15, 0.2) is 12.1 Å². The van der Waals surface area contributed by atoms with E-state index in [2.05, 4.69) is 4.74 Å². The van der Waals surface area contributed by atoms with Crippen molar-refractivity contribution >= 4 is 17.6 Å². The van der Waals surface area contributed by atoms with E-state index in [4.69, 9.17) is 11.6 Å². The van der Waals surface area contributed by atoms with Crippen molar-refractivity contribution in [1.82, 2.24) is 0 Å². The molecule has 15 heavy (non-hydrogen) atoms. The molecule has 0 unspecified atom stereocenters. The van der Waals surface area contributed by atoms with E-state index in [0.717, 1.165) is 6.07 Å². The molecule has 1 rings (SSSR count). The summed E-state index contributed by atoms with van der Waals surface area (Å²) in [4.78, 5) is 11.2. The molecule has 0 heterocycles. The molecule has 0 aliphatic heterocycles. The van der Waals surface area contributed by atoms with E-state index in [1.807, 2.05) is 0 Å². The van der Waals surface area contributed by atoms with E-state index >= 15 is 0 Å². The molecule has 0 N–H and O–H groups in total. The molecule has 0 radical (unpaired) electrons. The van der Waals surface area contributed by atoms with Crippen LogP contribution in [-0.4, -0.2) is 12.6 Å². The van der Waals surface area contributed by atoms with Crippen LogP contribution in [0.3, 0.4) is 0 Å². The minimum absolute atomic E-state index is 0.0159. The molecule has 0 saturated carbocycles. The number of halogens is 3. The predicted octanol–water partition coefficient (Wildman–Crippen LogP) is 2.88. The lowest BCUT2D eigenvalue weighted by molar-refractivity contribution is 0.0520. The van der Waals surface area contributed by atoms with Gasteiger partial charge in [-0.05, 0) is 13.0 Å². The first-order valence-electron chi connectivity index (χ1n) is 4.31. The van der Waals surface area contributed by atoms with Crippen LogP contribution in [0.5, 0.6) is 0 Å². The maximum atomic E-state index is 13.3. The molecule has 5 heteroatoms. The lowest BCUT2D eigenvalue weighted by Gasteiger charge is -2.05. The Morgan fingerprint density at radius 1 is 1.40 bits per heavy atom. The van der Waals surface area contributed by atoms with E-state index in [-0.39, 0.29) is 18.1 Å². The third-order valence-electron chi connectivity index (χ3n) is 1.80. The molecule has 0 bridgehead atoms. The number of esters is 1. The second-order valence-corrected chi connectivity index (χ2v) is 3.02. The molecule has 0 fully saturated rings. The largest absolute Gasteiger partial charge is 0.462 e. The van der Waals surface area contributed by atoms with Crippen molar-refractivity contribution in [2.45, 2.75) is 12.8 Å². The Hall–Kier alpha value is -1.16. The summed E-state index contributed by atoms with van der Waals surface area (Å²) in [7, 11) is 0. The van der Waals surface area contributed by atoms with Gasteiger partial charge in [0, 0.05) is 5.56 Å². The summed E-state index contributed by atoms with van der Waals surface area (Å²) >= 11 is 5.37. The van der Waals surface area contributed by atoms with Crippen LogP contribution >= 0.6 is 11.6 Å². The topological polar surface area (TPSA) is 26.3 Å². The zero-order valence-corrected chi connectivity index (χ0v) is 8.78. The lowest BCUT2D eigenvalue weighted by atomic mass is 10.1. The summed E-state index contributed by atoms with van der Waals surface area (Å²) in [6.07, 6.45) is 0. The highest BCUT2D eigenvalue weighted by molar-refractivity contribution is 6.17. The predicted molar refractivity (Wildman–Crippen MR) is 51.9 cm³/mol. The molecule has 0 spiro atoms. The summed E-state index contributed by atoms with van der Waals surface area (Å²) in [6.45, 7) is 1.69. The SMILES string of the molecule is CCOC(=O)c1ccc(CCl)c(F)c1F. The molecular weight excluding hydrogens is 226 g/mol. The van der Waals surface area contributed by atoms with Gasteiger partial charge in [0.05, 0.1) is 18.1 Å². The molecular formula is C10H9ClF2O2. The van der Waals surface area contributed by atoms with Crippen LogP contribution in [-0.2, 0) is 10.6 Å². The van der Waals surface area contributed by atoms with Gasteiger partial charge >= 0.3 is 5.97 Å². The third-order valence-corrected chi connectivity index (χ3v) is 2.09. The molecule has 0 atom stereocenters. The number of ether oxygens (including phenoxy) is 1. The summed E-state index contributed by atoms with van der Waals surface area (Å²) in [5, 5.41) is 0. The molecule has 0 aliphatic rings. The van der Waals surface area contributed by atoms with Gasteiger partial charge in [0.1, 0.15) is 0 Å². The maximum absolute atomic E-state index is 13.3. The first kappa shape index (κ1) is 11.9. The second kappa shape index (κ2) is 5.07. The maximum Gasteiger partial charge on any atom is 0.341 e. The lowest BCUT2D eigenvalue weighted by Crippen LogP contribution is -2.09. The summed E-state index contributed by atoms with van der Waals surface area (Å²) in [5.41, 5.74) is -0.398. The van der Waals surface area contributed by atoms with Gasteiger partial charge < -0.3 is 4.74 Å². The molecule has 1 aromatic rings. The number of hydrogen-bond donors (Lipinski definition) is 0. The van der Waals surface area contributed by atoms with Gasteiger partial charge in [-0.15, -0.1) is 11.6 Å². The third kappa shape index (κ3) is 2.45. The Kier molecular flexibility index (Phi) is 4.03. The van der Waals surface area contributed by atoms with Gasteiger partial charge in [0.25, 0.3) is 0 Å². The number of carbonyl (C=O) groups excluding carboxylic acids is 1. The molecule has 0 amide bonds. The zero-order valence-electron chi connectivity index (χ0n) is 8.02. The fourth-order valence-corrected chi connectivity index (χ4v) is 1.27. The highest BCUT2D eigenvalue weighted by Gasteiger charge is 2.18. The highest BCUT2D eigenvalue weighted by atomic mass is 35.5. The summed E-state index contributed by atoms with van der Waals surface area (Å²) in [5.74, 6) is -3.34. The number of rotatable bonds is 3. The van der Waals surface area contributed by atoms with Crippen molar-refractivity contribution in [2.75, 3.05) is 6.61 Å². The van der Waals surface area contributed by atoms with Crippen molar-refractivity contribution in [1.29, 1.82) is 0 Å². The van der Waals surface area contributed by atoms with Crippen LogP contribution < -0.4 is 0 Å². The van der Waals surface area contributed by atoms with Gasteiger partial charge in [-0.2, -0.15) is 0 Å². The van der Waals surface area contributed by atoms with E-state index < -0.39 is 23.2 Å². The van der Waals surface area contributed by atoms with Gasteiger partial charge in [-0.25, -0.2) is 13.6 Å². The minimum Gasteiger partial charge on any atom is -0.462 e. The Balaban J connectivity index is 3.11. The van der Waals surface area contributed by atoms with Gasteiger partial charge in [0.2, 0.25) is 0 Å². The molecule has 2 nitrogen and oxygen atoms in total. The molecule has 0 aromatic heterocycles. The van der Waals surface area contributed by atoms with Crippen LogP contribution in [0.25, 0.3) is 0 Å². The van der Waals surface area contributed by atoms with Crippen LogP contribution in [0.1, 0.15) is 22.8 Å².